The van der Waals surface area contributed by atoms with Crippen LogP contribution >= 0.6 is 0 Å². The van der Waals surface area contributed by atoms with E-state index in [2.05, 4.69) is 10.2 Å². The van der Waals surface area contributed by atoms with E-state index in [1.54, 1.807) is 30.2 Å². The van der Waals surface area contributed by atoms with E-state index in [1.807, 2.05) is 49.4 Å². The van der Waals surface area contributed by atoms with Gasteiger partial charge in [0.2, 0.25) is 5.91 Å². The van der Waals surface area contributed by atoms with Crippen molar-refractivity contribution in [2.24, 2.45) is 0 Å². The highest BCUT2D eigenvalue weighted by molar-refractivity contribution is 6.02. The monoisotopic (exact) mass is 503 g/mol. The van der Waals surface area contributed by atoms with Gasteiger partial charge in [-0.15, -0.1) is 0 Å². The highest BCUT2D eigenvalue weighted by Gasteiger charge is 2.24. The number of piperazine rings is 1. The number of benzene rings is 3. The molecule has 0 unspecified atom stereocenters. The number of carbonyl (C=O) groups excluding carboxylic acids is 2. The maximum atomic E-state index is 14.0. The number of halogens is 1. The third-order valence-corrected chi connectivity index (χ3v) is 6.09. The van der Waals surface area contributed by atoms with Crippen molar-refractivity contribution >= 4 is 29.3 Å². The van der Waals surface area contributed by atoms with E-state index in [4.69, 9.17) is 9.47 Å². The number of hydrogen-bond acceptors (Lipinski definition) is 5. The summed E-state index contributed by atoms with van der Waals surface area (Å²) in [6.45, 7) is 4.74. The predicted molar refractivity (Wildman–Crippen MR) is 143 cm³/mol. The predicted octanol–water partition coefficient (Wildman–Crippen LogP) is 4.85. The molecule has 0 aromatic heterocycles. The van der Waals surface area contributed by atoms with Gasteiger partial charge in [0.25, 0.3) is 5.91 Å². The zero-order valence-corrected chi connectivity index (χ0v) is 20.9. The number of anilines is 2. The standard InChI is InChI=1S/C29H30FN3O4/c1-3-37-26-14-8-21(20-27(26)36-2)9-15-28(34)31-22-10-12-23(13-11-22)32-16-18-33(19-17-32)29(35)24-6-4-5-7-25(24)30/h4-15,20H,3,16-19H2,1-2H3,(H,31,34)/b15-9+. The number of hydrogen-bond donors (Lipinski definition) is 1. The Hall–Kier alpha value is -4.33. The van der Waals surface area contributed by atoms with E-state index >= 15 is 0 Å². The Morgan fingerprint density at radius 1 is 0.973 bits per heavy atom. The summed E-state index contributed by atoms with van der Waals surface area (Å²) in [5.74, 6) is 0.234. The average molecular weight is 504 g/mol. The summed E-state index contributed by atoms with van der Waals surface area (Å²) in [7, 11) is 1.58. The molecule has 37 heavy (non-hydrogen) atoms. The molecule has 8 heteroatoms. The molecule has 2 amide bonds. The lowest BCUT2D eigenvalue weighted by molar-refractivity contribution is -0.111. The van der Waals surface area contributed by atoms with Crippen LogP contribution in [0.3, 0.4) is 0 Å². The topological polar surface area (TPSA) is 71.1 Å². The van der Waals surface area contributed by atoms with Gasteiger partial charge in [0.05, 0.1) is 19.3 Å². The summed E-state index contributed by atoms with van der Waals surface area (Å²) < 4.78 is 24.8. The molecule has 0 radical (unpaired) electrons. The van der Waals surface area contributed by atoms with Gasteiger partial charge >= 0.3 is 0 Å². The summed E-state index contributed by atoms with van der Waals surface area (Å²) in [5.41, 5.74) is 2.59. The first-order valence-electron chi connectivity index (χ1n) is 12.2. The molecule has 0 spiro atoms. The molecular weight excluding hydrogens is 473 g/mol. The molecule has 0 atom stereocenters. The molecule has 1 saturated heterocycles. The van der Waals surface area contributed by atoms with Gasteiger partial charge in [0.15, 0.2) is 11.5 Å². The Kier molecular flexibility index (Phi) is 8.40. The zero-order chi connectivity index (χ0) is 26.2. The van der Waals surface area contributed by atoms with Crippen LogP contribution < -0.4 is 19.7 Å². The molecule has 1 aliphatic heterocycles. The molecule has 4 rings (SSSR count). The van der Waals surface area contributed by atoms with Crippen molar-refractivity contribution in [1.82, 2.24) is 4.90 Å². The highest BCUT2D eigenvalue weighted by atomic mass is 19.1. The minimum atomic E-state index is -0.499. The smallest absolute Gasteiger partial charge is 0.256 e. The summed E-state index contributed by atoms with van der Waals surface area (Å²) in [6.07, 6.45) is 3.18. The molecule has 3 aromatic rings. The Morgan fingerprint density at radius 3 is 2.38 bits per heavy atom. The molecule has 0 aliphatic carbocycles. The molecular formula is C29H30FN3O4. The van der Waals surface area contributed by atoms with Crippen LogP contribution in [-0.4, -0.2) is 56.6 Å². The van der Waals surface area contributed by atoms with Gasteiger partial charge in [-0.05, 0) is 67.1 Å². The van der Waals surface area contributed by atoms with Gasteiger partial charge in [0.1, 0.15) is 5.82 Å². The average Bonchev–Trinajstić information content (AvgIpc) is 2.93. The Morgan fingerprint density at radius 2 is 1.70 bits per heavy atom. The number of carbonyl (C=O) groups is 2. The summed E-state index contributed by atoms with van der Waals surface area (Å²) in [6, 6.07) is 19.1. The lowest BCUT2D eigenvalue weighted by atomic mass is 10.1. The van der Waals surface area contributed by atoms with Crippen LogP contribution in [0.25, 0.3) is 6.08 Å². The van der Waals surface area contributed by atoms with Crippen LogP contribution in [0.1, 0.15) is 22.8 Å². The van der Waals surface area contributed by atoms with Crippen LogP contribution in [-0.2, 0) is 4.79 Å². The summed E-state index contributed by atoms with van der Waals surface area (Å²) >= 11 is 0. The molecule has 1 heterocycles. The lowest BCUT2D eigenvalue weighted by Crippen LogP contribution is -2.49. The molecule has 1 fully saturated rings. The van der Waals surface area contributed by atoms with Gasteiger partial charge in [-0.25, -0.2) is 4.39 Å². The molecule has 1 aliphatic rings. The van der Waals surface area contributed by atoms with Gasteiger partial charge in [-0.3, -0.25) is 9.59 Å². The first-order chi connectivity index (χ1) is 18.0. The number of nitrogens with one attached hydrogen (secondary N) is 1. The van der Waals surface area contributed by atoms with Crippen LogP contribution in [0.15, 0.2) is 72.8 Å². The Balaban J connectivity index is 1.30. The van der Waals surface area contributed by atoms with Crippen molar-refractivity contribution in [2.75, 3.05) is 50.1 Å². The van der Waals surface area contributed by atoms with Crippen molar-refractivity contribution < 1.29 is 23.5 Å². The molecule has 0 saturated carbocycles. The number of rotatable bonds is 8. The normalized spacial score (nSPS) is 13.5. The fraction of sp³-hybridized carbons (Fsp3) is 0.241. The van der Waals surface area contributed by atoms with Crippen molar-refractivity contribution in [2.45, 2.75) is 6.92 Å². The van der Waals surface area contributed by atoms with Crippen molar-refractivity contribution in [3.63, 3.8) is 0 Å². The van der Waals surface area contributed by atoms with Crippen molar-refractivity contribution in [1.29, 1.82) is 0 Å². The lowest BCUT2D eigenvalue weighted by Gasteiger charge is -2.36. The maximum absolute atomic E-state index is 14.0. The van der Waals surface area contributed by atoms with Crippen LogP contribution in [0.4, 0.5) is 15.8 Å². The molecule has 192 valence electrons. The van der Waals surface area contributed by atoms with E-state index in [0.717, 1.165) is 11.3 Å². The first kappa shape index (κ1) is 25.8. The number of amides is 2. The summed E-state index contributed by atoms with van der Waals surface area (Å²) in [5, 5.41) is 2.86. The van der Waals surface area contributed by atoms with Crippen molar-refractivity contribution in [3.05, 3.63) is 89.8 Å². The third-order valence-electron chi connectivity index (χ3n) is 6.09. The minimum Gasteiger partial charge on any atom is -0.493 e. The SMILES string of the molecule is CCOc1ccc(/C=C/C(=O)Nc2ccc(N3CCN(C(=O)c4ccccc4F)CC3)cc2)cc1OC. The zero-order valence-electron chi connectivity index (χ0n) is 20.9. The fourth-order valence-electron chi connectivity index (χ4n) is 4.15. The Labute approximate surface area is 216 Å². The second kappa shape index (κ2) is 12.1. The molecule has 1 N–H and O–H groups in total. The largest absolute Gasteiger partial charge is 0.493 e. The summed E-state index contributed by atoms with van der Waals surface area (Å²) in [4.78, 5) is 28.9. The molecule has 7 nitrogen and oxygen atoms in total. The highest BCUT2D eigenvalue weighted by Crippen LogP contribution is 2.28. The van der Waals surface area contributed by atoms with E-state index in [9.17, 15) is 14.0 Å². The Bertz CT molecular complexity index is 1270. The van der Waals surface area contributed by atoms with Gasteiger partial charge < -0.3 is 24.6 Å². The quantitative estimate of drug-likeness (QED) is 0.445. The number of nitrogens with zero attached hydrogens (tertiary/aromatic N) is 2. The van der Waals surface area contributed by atoms with Crippen LogP contribution in [0, 0.1) is 5.82 Å². The van der Waals surface area contributed by atoms with E-state index in [1.165, 1.54) is 18.2 Å². The van der Waals surface area contributed by atoms with E-state index in [0.29, 0.717) is 50.0 Å². The van der Waals surface area contributed by atoms with Crippen LogP contribution in [0.5, 0.6) is 11.5 Å². The molecule has 3 aromatic carbocycles. The van der Waals surface area contributed by atoms with Crippen LogP contribution in [0.2, 0.25) is 0 Å². The van der Waals surface area contributed by atoms with E-state index in [-0.39, 0.29) is 17.4 Å². The fourth-order valence-corrected chi connectivity index (χ4v) is 4.15. The van der Waals surface area contributed by atoms with Crippen molar-refractivity contribution in [3.8, 4) is 11.5 Å². The maximum Gasteiger partial charge on any atom is 0.256 e. The third kappa shape index (κ3) is 6.46. The molecule has 0 bridgehead atoms. The minimum absolute atomic E-state index is 0.103. The van der Waals surface area contributed by atoms with Gasteiger partial charge in [-0.1, -0.05) is 18.2 Å². The van der Waals surface area contributed by atoms with Gasteiger partial charge in [-0.2, -0.15) is 0 Å². The van der Waals surface area contributed by atoms with E-state index < -0.39 is 5.82 Å². The number of ether oxygens (including phenoxy) is 2. The second-order valence-electron chi connectivity index (χ2n) is 8.47. The second-order valence-corrected chi connectivity index (χ2v) is 8.47. The first-order valence-corrected chi connectivity index (χ1v) is 12.2. The van der Waals surface area contributed by atoms with Gasteiger partial charge in [0, 0.05) is 43.6 Å². The number of methoxy groups -OCH3 is 1.